The summed E-state index contributed by atoms with van der Waals surface area (Å²) in [6, 6.07) is 3.25. The Morgan fingerprint density at radius 3 is 3.00 bits per heavy atom. The standard InChI is InChI=1S/C16H20N6O4/c1-2-11-6-3-4-8-21(11)15-13(22(24)25)14(17-10-18-15)19-20-16(23)12-7-5-9-26-12/h5,7,9-11H,2-4,6,8H2,1H3,(H,20,23)(H,17,18,19). The lowest BCUT2D eigenvalue weighted by atomic mass is 10.00. The zero-order valence-electron chi connectivity index (χ0n) is 14.3. The molecule has 2 aromatic rings. The number of anilines is 2. The Balaban J connectivity index is 1.86. The highest BCUT2D eigenvalue weighted by molar-refractivity contribution is 5.92. The molecule has 1 amide bonds. The normalized spacial score (nSPS) is 17.0. The smallest absolute Gasteiger partial charge is 0.355 e. The molecule has 10 heteroatoms. The van der Waals surface area contributed by atoms with Crippen molar-refractivity contribution in [2.75, 3.05) is 16.9 Å². The fourth-order valence-electron chi connectivity index (χ4n) is 3.13. The van der Waals surface area contributed by atoms with Gasteiger partial charge in [-0.15, -0.1) is 0 Å². The highest BCUT2D eigenvalue weighted by Gasteiger charge is 2.32. The van der Waals surface area contributed by atoms with Gasteiger partial charge in [0.1, 0.15) is 6.33 Å². The zero-order valence-corrected chi connectivity index (χ0v) is 14.3. The average Bonchev–Trinajstić information content (AvgIpc) is 3.20. The maximum atomic E-state index is 12.0. The number of nitro groups is 1. The number of aromatic nitrogens is 2. The van der Waals surface area contributed by atoms with Crippen molar-refractivity contribution in [1.29, 1.82) is 0 Å². The molecule has 0 spiro atoms. The predicted molar refractivity (Wildman–Crippen MR) is 93.8 cm³/mol. The van der Waals surface area contributed by atoms with Gasteiger partial charge in [-0.05, 0) is 37.8 Å². The first-order valence-electron chi connectivity index (χ1n) is 8.47. The highest BCUT2D eigenvalue weighted by Crippen LogP contribution is 2.35. The summed E-state index contributed by atoms with van der Waals surface area (Å²) in [6.07, 6.45) is 6.51. The summed E-state index contributed by atoms with van der Waals surface area (Å²) in [6.45, 7) is 2.76. The van der Waals surface area contributed by atoms with Crippen LogP contribution >= 0.6 is 0 Å². The van der Waals surface area contributed by atoms with Gasteiger partial charge in [0.25, 0.3) is 0 Å². The first kappa shape index (κ1) is 17.6. The lowest BCUT2D eigenvalue weighted by molar-refractivity contribution is -0.383. The van der Waals surface area contributed by atoms with Gasteiger partial charge in [0.15, 0.2) is 5.76 Å². The number of carbonyl (C=O) groups excluding carboxylic acids is 1. The SMILES string of the molecule is CCC1CCCCN1c1ncnc(NNC(=O)c2ccco2)c1[N+](=O)[O-]. The van der Waals surface area contributed by atoms with Crippen LogP contribution in [0, 0.1) is 10.1 Å². The number of hydrogen-bond acceptors (Lipinski definition) is 8. The molecular weight excluding hydrogens is 340 g/mol. The first-order valence-corrected chi connectivity index (χ1v) is 8.47. The monoisotopic (exact) mass is 360 g/mol. The summed E-state index contributed by atoms with van der Waals surface area (Å²) in [5.41, 5.74) is 4.62. The summed E-state index contributed by atoms with van der Waals surface area (Å²) >= 11 is 0. The molecule has 0 bridgehead atoms. The van der Waals surface area contributed by atoms with Crippen molar-refractivity contribution in [2.24, 2.45) is 0 Å². The van der Waals surface area contributed by atoms with Crippen molar-refractivity contribution in [3.8, 4) is 0 Å². The van der Waals surface area contributed by atoms with E-state index in [-0.39, 0.29) is 29.1 Å². The summed E-state index contributed by atoms with van der Waals surface area (Å²) in [5, 5.41) is 11.7. The minimum atomic E-state index is -0.561. The number of carbonyl (C=O) groups is 1. The summed E-state index contributed by atoms with van der Waals surface area (Å²) in [7, 11) is 0. The Bertz CT molecular complexity index is 779. The van der Waals surface area contributed by atoms with Gasteiger partial charge in [-0.25, -0.2) is 9.97 Å². The molecule has 138 valence electrons. The maximum absolute atomic E-state index is 12.0. The van der Waals surface area contributed by atoms with Crippen molar-refractivity contribution in [3.05, 3.63) is 40.6 Å². The zero-order chi connectivity index (χ0) is 18.5. The Morgan fingerprint density at radius 1 is 1.46 bits per heavy atom. The second-order valence-electron chi connectivity index (χ2n) is 5.96. The van der Waals surface area contributed by atoms with Gasteiger partial charge in [0.05, 0.1) is 11.2 Å². The Hall–Kier alpha value is -3.17. The molecule has 10 nitrogen and oxygen atoms in total. The van der Waals surface area contributed by atoms with E-state index in [0.29, 0.717) is 6.54 Å². The minimum Gasteiger partial charge on any atom is -0.459 e. The third-order valence-corrected chi connectivity index (χ3v) is 4.40. The van der Waals surface area contributed by atoms with Gasteiger partial charge in [0.2, 0.25) is 11.6 Å². The molecule has 1 saturated heterocycles. The molecule has 3 rings (SSSR count). The molecule has 1 atom stereocenters. The van der Waals surface area contributed by atoms with Crippen molar-refractivity contribution in [1.82, 2.24) is 15.4 Å². The second-order valence-corrected chi connectivity index (χ2v) is 5.96. The molecule has 0 saturated carbocycles. The predicted octanol–water partition coefficient (Wildman–Crippen LogP) is 2.50. The van der Waals surface area contributed by atoms with Crippen LogP contribution in [0.1, 0.15) is 43.2 Å². The molecule has 26 heavy (non-hydrogen) atoms. The first-order chi connectivity index (χ1) is 12.6. The fraction of sp³-hybridized carbons (Fsp3) is 0.438. The molecule has 0 aromatic carbocycles. The molecule has 1 fully saturated rings. The van der Waals surface area contributed by atoms with E-state index in [9.17, 15) is 14.9 Å². The molecule has 1 aliphatic rings. The van der Waals surface area contributed by atoms with Crippen LogP contribution < -0.4 is 15.8 Å². The van der Waals surface area contributed by atoms with E-state index >= 15 is 0 Å². The third-order valence-electron chi connectivity index (χ3n) is 4.40. The molecule has 3 heterocycles. The van der Waals surface area contributed by atoms with Crippen LogP contribution in [0.5, 0.6) is 0 Å². The van der Waals surface area contributed by atoms with E-state index in [4.69, 9.17) is 4.42 Å². The van der Waals surface area contributed by atoms with Crippen LogP contribution in [-0.2, 0) is 0 Å². The van der Waals surface area contributed by atoms with Crippen LogP contribution in [0.4, 0.5) is 17.3 Å². The van der Waals surface area contributed by atoms with Crippen LogP contribution in [0.25, 0.3) is 0 Å². The third kappa shape index (κ3) is 3.58. The molecule has 2 N–H and O–H groups in total. The number of amides is 1. The number of piperidine rings is 1. The minimum absolute atomic E-state index is 0.0691. The molecule has 1 aliphatic heterocycles. The van der Waals surface area contributed by atoms with E-state index in [1.165, 1.54) is 18.7 Å². The lowest BCUT2D eigenvalue weighted by Gasteiger charge is -2.35. The fourth-order valence-corrected chi connectivity index (χ4v) is 3.13. The molecule has 2 aromatic heterocycles. The van der Waals surface area contributed by atoms with Gasteiger partial charge in [-0.2, -0.15) is 0 Å². The number of hydrazine groups is 1. The van der Waals surface area contributed by atoms with Crippen LogP contribution in [0.15, 0.2) is 29.1 Å². The summed E-state index contributed by atoms with van der Waals surface area (Å²) in [4.78, 5) is 33.2. The Labute approximate surface area is 149 Å². The number of nitrogens with zero attached hydrogens (tertiary/aromatic N) is 4. The highest BCUT2D eigenvalue weighted by atomic mass is 16.6. The maximum Gasteiger partial charge on any atom is 0.355 e. The van der Waals surface area contributed by atoms with E-state index < -0.39 is 10.8 Å². The van der Waals surface area contributed by atoms with Gasteiger partial charge < -0.3 is 9.32 Å². The largest absolute Gasteiger partial charge is 0.459 e. The number of hydrogen-bond donors (Lipinski definition) is 2. The van der Waals surface area contributed by atoms with Crippen LogP contribution in [0.3, 0.4) is 0 Å². The van der Waals surface area contributed by atoms with Crippen molar-refractivity contribution >= 4 is 23.2 Å². The van der Waals surface area contributed by atoms with Gasteiger partial charge in [-0.3, -0.25) is 25.8 Å². The van der Waals surface area contributed by atoms with Gasteiger partial charge >= 0.3 is 11.6 Å². The summed E-state index contributed by atoms with van der Waals surface area (Å²) in [5.74, 6) is -0.281. The van der Waals surface area contributed by atoms with Crippen molar-refractivity contribution < 1.29 is 14.1 Å². The lowest BCUT2D eigenvalue weighted by Crippen LogP contribution is -2.40. The van der Waals surface area contributed by atoms with Crippen molar-refractivity contribution in [3.63, 3.8) is 0 Å². The molecular formula is C16H20N6O4. The Kier molecular flexibility index (Phi) is 5.30. The van der Waals surface area contributed by atoms with Crippen LogP contribution in [-0.4, -0.2) is 33.4 Å². The number of furan rings is 1. The van der Waals surface area contributed by atoms with E-state index in [2.05, 4.69) is 27.7 Å². The van der Waals surface area contributed by atoms with E-state index in [1.807, 2.05) is 4.90 Å². The van der Waals surface area contributed by atoms with E-state index in [0.717, 1.165) is 25.7 Å². The second kappa shape index (κ2) is 7.81. The van der Waals surface area contributed by atoms with E-state index in [1.54, 1.807) is 6.07 Å². The van der Waals surface area contributed by atoms with Gasteiger partial charge in [0, 0.05) is 12.6 Å². The Morgan fingerprint density at radius 2 is 2.31 bits per heavy atom. The molecule has 1 unspecified atom stereocenters. The number of rotatable bonds is 6. The van der Waals surface area contributed by atoms with Crippen molar-refractivity contribution in [2.45, 2.75) is 38.6 Å². The number of nitrogens with one attached hydrogen (secondary N) is 2. The summed E-state index contributed by atoms with van der Waals surface area (Å²) < 4.78 is 4.98. The van der Waals surface area contributed by atoms with Gasteiger partial charge in [-0.1, -0.05) is 6.92 Å². The molecule has 0 radical (unpaired) electrons. The molecule has 0 aliphatic carbocycles. The quantitative estimate of drug-likeness (QED) is 0.594. The average molecular weight is 360 g/mol. The van der Waals surface area contributed by atoms with Crippen LogP contribution in [0.2, 0.25) is 0 Å². The topological polar surface area (TPSA) is 126 Å².